The highest BCUT2D eigenvalue weighted by Crippen LogP contribution is 2.55. The Morgan fingerprint density at radius 3 is 2.24 bits per heavy atom. The van der Waals surface area contributed by atoms with Gasteiger partial charge < -0.3 is 19.0 Å². The predicted molar refractivity (Wildman–Crippen MR) is 170 cm³/mol. The highest BCUT2D eigenvalue weighted by molar-refractivity contribution is 6.62. The summed E-state index contributed by atoms with van der Waals surface area (Å²) >= 11 is 0. The number of ether oxygens (including phenoxy) is 1. The van der Waals surface area contributed by atoms with E-state index in [9.17, 15) is 13.6 Å². The molecule has 2 aromatic carbocycles. The van der Waals surface area contributed by atoms with Crippen molar-refractivity contribution >= 4 is 18.7 Å². The molecule has 0 radical (unpaired) electrons. The fourth-order valence-corrected chi connectivity index (χ4v) is 7.54. The van der Waals surface area contributed by atoms with Crippen LogP contribution in [-0.2, 0) is 14.0 Å². The zero-order chi connectivity index (χ0) is 32.1. The van der Waals surface area contributed by atoms with Crippen LogP contribution >= 0.6 is 0 Å². The van der Waals surface area contributed by atoms with Crippen molar-refractivity contribution in [3.8, 4) is 22.4 Å². The summed E-state index contributed by atoms with van der Waals surface area (Å²) in [5.74, 6) is -1.63. The largest absolute Gasteiger partial charge is 0.495 e. The Morgan fingerprint density at radius 1 is 0.978 bits per heavy atom. The second-order valence-corrected chi connectivity index (χ2v) is 15.3. The van der Waals surface area contributed by atoms with E-state index >= 15 is 0 Å². The van der Waals surface area contributed by atoms with Gasteiger partial charge in [0, 0.05) is 6.42 Å². The van der Waals surface area contributed by atoms with Gasteiger partial charge in [-0.1, -0.05) is 36.4 Å². The van der Waals surface area contributed by atoms with Crippen molar-refractivity contribution in [1.82, 2.24) is 14.9 Å². The lowest BCUT2D eigenvalue weighted by Crippen LogP contribution is -2.41. The number of fused-ring (bicyclic) bond motifs is 5. The molecule has 0 spiro atoms. The summed E-state index contributed by atoms with van der Waals surface area (Å²) in [6.07, 6.45) is 3.95. The average Bonchev–Trinajstić information content (AvgIpc) is 3.76. The molecule has 45 heavy (non-hydrogen) atoms. The van der Waals surface area contributed by atoms with Crippen molar-refractivity contribution in [3.05, 3.63) is 59.5 Å². The molecule has 7 nitrogen and oxygen atoms in total. The Morgan fingerprint density at radius 2 is 1.60 bits per heavy atom. The van der Waals surface area contributed by atoms with E-state index in [1.54, 1.807) is 27.0 Å². The number of carbonyl (C=O) groups excluding carboxylic acids is 1. The van der Waals surface area contributed by atoms with Gasteiger partial charge in [0.25, 0.3) is 5.92 Å². The third-order valence-electron chi connectivity index (χ3n) is 10.4. The van der Waals surface area contributed by atoms with Crippen molar-refractivity contribution in [1.29, 1.82) is 0 Å². The van der Waals surface area contributed by atoms with Crippen LogP contribution in [0.2, 0.25) is 0 Å². The zero-order valence-electron chi connectivity index (χ0n) is 27.2. The highest BCUT2D eigenvalue weighted by Gasteiger charge is 2.54. The van der Waals surface area contributed by atoms with E-state index in [2.05, 4.69) is 61.9 Å². The lowest BCUT2D eigenvalue weighted by atomic mass is 9.70. The lowest BCUT2D eigenvalue weighted by Gasteiger charge is -2.32. The van der Waals surface area contributed by atoms with E-state index in [1.807, 2.05) is 12.1 Å². The van der Waals surface area contributed by atoms with Crippen molar-refractivity contribution in [3.63, 3.8) is 0 Å². The molecule has 2 bridgehead atoms. The minimum absolute atomic E-state index is 0.323. The molecule has 3 heterocycles. The van der Waals surface area contributed by atoms with Crippen LogP contribution in [0.1, 0.15) is 109 Å². The minimum Gasteiger partial charge on any atom is -0.444 e. The van der Waals surface area contributed by atoms with Crippen LogP contribution in [0.4, 0.5) is 13.6 Å². The molecule has 1 N–H and O–H groups in total. The Bertz CT molecular complexity index is 1630. The summed E-state index contributed by atoms with van der Waals surface area (Å²) in [6, 6.07) is 11.8. The average molecular weight is 618 g/mol. The normalized spacial score (nSPS) is 26.0. The first-order chi connectivity index (χ1) is 21.0. The number of nitrogens with zero attached hydrogens (tertiary/aromatic N) is 2. The minimum atomic E-state index is -3.02. The number of likely N-dealkylation sites (tertiary alicyclic amines) is 1. The summed E-state index contributed by atoms with van der Waals surface area (Å²) in [6.45, 7) is 12.8. The van der Waals surface area contributed by atoms with Gasteiger partial charge in [-0.05, 0) is 113 Å². The number of halogens is 2. The van der Waals surface area contributed by atoms with E-state index in [0.717, 1.165) is 16.0 Å². The molecular formula is C35H42BF2N3O4. The van der Waals surface area contributed by atoms with E-state index < -0.39 is 47.8 Å². The molecule has 10 heteroatoms. The van der Waals surface area contributed by atoms with Crippen LogP contribution in [0.25, 0.3) is 22.4 Å². The first kappa shape index (κ1) is 30.4. The number of aromatic nitrogens is 2. The topological polar surface area (TPSA) is 76.7 Å². The fourth-order valence-electron chi connectivity index (χ4n) is 7.54. The maximum Gasteiger partial charge on any atom is 0.495 e. The van der Waals surface area contributed by atoms with Gasteiger partial charge in [-0.15, -0.1) is 0 Å². The van der Waals surface area contributed by atoms with Crippen molar-refractivity contribution in [2.75, 3.05) is 6.54 Å². The molecule has 238 valence electrons. The number of imidazole rings is 1. The van der Waals surface area contributed by atoms with Gasteiger partial charge >= 0.3 is 13.2 Å². The first-order valence-corrected chi connectivity index (χ1v) is 16.1. The molecule has 2 aliphatic heterocycles. The molecule has 4 aliphatic rings. The first-order valence-electron chi connectivity index (χ1n) is 16.1. The molecule has 1 amide bonds. The summed E-state index contributed by atoms with van der Waals surface area (Å²) in [5, 5.41) is 0. The van der Waals surface area contributed by atoms with Crippen molar-refractivity contribution in [2.24, 2.45) is 0 Å². The third kappa shape index (κ3) is 5.27. The molecule has 3 atom stereocenters. The summed E-state index contributed by atoms with van der Waals surface area (Å²) in [7, 11) is -0.375. The second kappa shape index (κ2) is 10.1. The fraction of sp³-hybridized carbons (Fsp3) is 0.543. The van der Waals surface area contributed by atoms with Crippen LogP contribution in [0.3, 0.4) is 0 Å². The Labute approximate surface area is 264 Å². The second-order valence-electron chi connectivity index (χ2n) is 15.3. The van der Waals surface area contributed by atoms with Gasteiger partial charge in [-0.2, -0.15) is 0 Å². The number of rotatable bonds is 4. The van der Waals surface area contributed by atoms with E-state index in [1.165, 1.54) is 41.4 Å². The molecular weight excluding hydrogens is 575 g/mol. The number of alkyl halides is 2. The number of H-pyrrole nitrogens is 1. The molecule has 2 saturated heterocycles. The van der Waals surface area contributed by atoms with Crippen LogP contribution in [0.15, 0.2) is 42.6 Å². The number of hydrogen-bond acceptors (Lipinski definition) is 5. The van der Waals surface area contributed by atoms with Crippen molar-refractivity contribution < 1.29 is 27.6 Å². The monoisotopic (exact) mass is 617 g/mol. The van der Waals surface area contributed by atoms with Crippen LogP contribution in [0, 0.1) is 0 Å². The van der Waals surface area contributed by atoms with Crippen molar-refractivity contribution in [2.45, 2.75) is 115 Å². The Balaban J connectivity index is 1.15. The van der Waals surface area contributed by atoms with Crippen LogP contribution < -0.4 is 5.46 Å². The lowest BCUT2D eigenvalue weighted by molar-refractivity contribution is -0.00248. The third-order valence-corrected chi connectivity index (χ3v) is 10.4. The highest BCUT2D eigenvalue weighted by atomic mass is 19.3. The summed E-state index contributed by atoms with van der Waals surface area (Å²) in [4.78, 5) is 21.5. The quantitative estimate of drug-likeness (QED) is 0.304. The number of hydrogen-bond donors (Lipinski definition) is 1. The predicted octanol–water partition coefficient (Wildman–Crippen LogP) is 7.72. The number of nitrogens with one attached hydrogen (secondary N) is 1. The van der Waals surface area contributed by atoms with E-state index in [-0.39, 0.29) is 7.12 Å². The maximum absolute atomic E-state index is 14.5. The number of amides is 1. The van der Waals surface area contributed by atoms with Gasteiger partial charge in [0.15, 0.2) is 0 Å². The maximum atomic E-state index is 14.5. The number of aromatic amines is 1. The van der Waals surface area contributed by atoms with Crippen LogP contribution in [0.5, 0.6) is 0 Å². The Kier molecular flexibility index (Phi) is 6.85. The van der Waals surface area contributed by atoms with Gasteiger partial charge in [0.05, 0.1) is 35.7 Å². The van der Waals surface area contributed by atoms with E-state index in [4.69, 9.17) is 14.0 Å². The number of carbonyl (C=O) groups is 1. The molecule has 1 saturated carbocycles. The van der Waals surface area contributed by atoms with Crippen LogP contribution in [-0.4, -0.2) is 57.3 Å². The van der Waals surface area contributed by atoms with Gasteiger partial charge in [-0.25, -0.2) is 18.6 Å². The van der Waals surface area contributed by atoms with Gasteiger partial charge in [-0.3, -0.25) is 4.90 Å². The smallest absolute Gasteiger partial charge is 0.444 e. The molecule has 3 aromatic rings. The standard InChI is InChI=1S/C35H42BF2N3O4/c1-32(2,3)43-31(42)41-19-35(37,38)17-27(41)30-39-18-26(40-30)21-10-8-20(9-11-21)24-14-15-25(29-23-13-12-22(16-23)28(24)29)36-44-33(4,5)34(6,7)45-36/h8-11,14-15,18,22-23,27H,12-13,16-17,19H2,1-7H3,(H,39,40)/t22?,23?,27-/m0/s1. The molecule has 1 aromatic heterocycles. The Hall–Kier alpha value is -3.24. The summed E-state index contributed by atoms with van der Waals surface area (Å²) in [5.41, 5.74) is 6.40. The number of benzene rings is 2. The van der Waals surface area contributed by atoms with E-state index in [0.29, 0.717) is 23.4 Å². The van der Waals surface area contributed by atoms with Gasteiger partial charge in [0.1, 0.15) is 11.4 Å². The van der Waals surface area contributed by atoms with Gasteiger partial charge in [0.2, 0.25) is 0 Å². The zero-order valence-corrected chi connectivity index (χ0v) is 27.2. The molecule has 7 rings (SSSR count). The molecule has 2 aliphatic carbocycles. The summed E-state index contributed by atoms with van der Waals surface area (Å²) < 4.78 is 47.4. The molecule has 3 fully saturated rings. The SMILES string of the molecule is CC(C)(C)OC(=O)N1CC(F)(F)C[C@H]1c1ncc(-c2ccc(-c3ccc(B4OC(C)(C)C(C)(C)O4)c4c3C3CCC4C3)cc2)[nH]1. The molecule has 2 unspecified atom stereocenters.